The van der Waals surface area contributed by atoms with Crippen LogP contribution in [0.3, 0.4) is 0 Å². The molecule has 0 aromatic rings. The van der Waals surface area contributed by atoms with Crippen molar-refractivity contribution in [2.24, 2.45) is 0 Å². The minimum atomic E-state index is -4.39. The Labute approximate surface area is 54.6 Å². The first kappa shape index (κ1) is 7.17. The molecule has 1 atom stereocenters. The number of hydrogen-bond acceptors (Lipinski definition) is 1. The van der Waals surface area contributed by atoms with Crippen molar-refractivity contribution in [3.05, 3.63) is 6.54 Å². The predicted octanol–water partition coefficient (Wildman–Crippen LogP) is 0.392. The summed E-state index contributed by atoms with van der Waals surface area (Å²) in [5.41, 5.74) is 0. The van der Waals surface area contributed by atoms with Crippen molar-refractivity contribution < 1.29 is 18.0 Å². The first-order chi connectivity index (χ1) is 4.50. The smallest absolute Gasteiger partial charge is 0.331 e. The zero-order chi connectivity index (χ0) is 7.78. The summed E-state index contributed by atoms with van der Waals surface area (Å²) in [6, 6.07) is -2.66. The molecule has 0 aromatic heterocycles. The lowest BCUT2D eigenvalue weighted by Gasteiger charge is -2.11. The van der Waals surface area contributed by atoms with Crippen LogP contribution in [0.4, 0.5) is 18.0 Å². The maximum Gasteiger partial charge on any atom is 0.410 e. The van der Waals surface area contributed by atoms with E-state index in [9.17, 15) is 18.0 Å². The third kappa shape index (κ3) is 1.31. The fourth-order valence-corrected chi connectivity index (χ4v) is 0.560. The second-order valence-electron chi connectivity index (χ2n) is 1.80. The van der Waals surface area contributed by atoms with Gasteiger partial charge in [0, 0.05) is 0 Å². The number of urea groups is 1. The lowest BCUT2D eigenvalue weighted by atomic mass is 10.3. The van der Waals surface area contributed by atoms with Crippen LogP contribution in [-0.4, -0.2) is 18.2 Å². The number of hydrogen-bond donors (Lipinski definition) is 2. The van der Waals surface area contributed by atoms with Crippen LogP contribution in [0.5, 0.6) is 0 Å². The Hall–Kier alpha value is -0.940. The van der Waals surface area contributed by atoms with Crippen LogP contribution in [0.15, 0.2) is 0 Å². The number of halogens is 3. The van der Waals surface area contributed by atoms with Crippen molar-refractivity contribution in [1.29, 1.82) is 0 Å². The standard InChI is InChI=1S/C4H4F3N2O/c5-4(6,7)2-1-8-3(10)9-2/h1-2H,(H2,8,9,10). The molecule has 3 nitrogen and oxygen atoms in total. The first-order valence-corrected chi connectivity index (χ1v) is 2.47. The average molecular weight is 153 g/mol. The summed E-state index contributed by atoms with van der Waals surface area (Å²) in [5.74, 6) is 0. The SMILES string of the molecule is O=C1N[CH]C(C(F)(F)F)N1. The van der Waals surface area contributed by atoms with Gasteiger partial charge in [0.2, 0.25) is 0 Å². The Bertz CT molecular complexity index is 155. The molecule has 1 unspecified atom stereocenters. The molecular formula is C4H4F3N2O. The number of alkyl halides is 3. The number of amides is 2. The third-order valence-corrected chi connectivity index (χ3v) is 1.02. The molecule has 0 bridgehead atoms. The monoisotopic (exact) mass is 153 g/mol. The number of rotatable bonds is 0. The zero-order valence-electron chi connectivity index (χ0n) is 4.70. The topological polar surface area (TPSA) is 41.1 Å². The van der Waals surface area contributed by atoms with Gasteiger partial charge in [-0.2, -0.15) is 13.2 Å². The van der Waals surface area contributed by atoms with Gasteiger partial charge in [0.05, 0.1) is 6.54 Å². The number of carbonyl (C=O) groups is 1. The molecule has 0 saturated carbocycles. The maximum atomic E-state index is 11.6. The molecular weight excluding hydrogens is 149 g/mol. The van der Waals surface area contributed by atoms with Crippen LogP contribution in [0.2, 0.25) is 0 Å². The van der Waals surface area contributed by atoms with Crippen LogP contribution >= 0.6 is 0 Å². The molecule has 1 rings (SSSR count). The van der Waals surface area contributed by atoms with Gasteiger partial charge in [-0.1, -0.05) is 0 Å². The maximum absolute atomic E-state index is 11.6. The molecule has 57 valence electrons. The predicted molar refractivity (Wildman–Crippen MR) is 25.8 cm³/mol. The van der Waals surface area contributed by atoms with Gasteiger partial charge in [-0.15, -0.1) is 0 Å². The Morgan fingerprint density at radius 2 is 2.10 bits per heavy atom. The summed E-state index contributed by atoms with van der Waals surface area (Å²) in [5, 5.41) is 3.54. The van der Waals surface area contributed by atoms with Crippen LogP contribution in [-0.2, 0) is 0 Å². The van der Waals surface area contributed by atoms with Crippen LogP contribution in [0, 0.1) is 6.54 Å². The van der Waals surface area contributed by atoms with E-state index in [4.69, 9.17) is 0 Å². The zero-order valence-corrected chi connectivity index (χ0v) is 4.70. The molecule has 1 fully saturated rings. The Kier molecular flexibility index (Phi) is 1.46. The first-order valence-electron chi connectivity index (χ1n) is 2.47. The minimum Gasteiger partial charge on any atom is -0.331 e. The number of carbonyl (C=O) groups excluding carboxylic acids is 1. The van der Waals surface area contributed by atoms with Crippen LogP contribution in [0.25, 0.3) is 0 Å². The Morgan fingerprint density at radius 1 is 1.50 bits per heavy atom. The molecule has 1 saturated heterocycles. The normalized spacial score (nSPS) is 25.9. The lowest BCUT2D eigenvalue weighted by Crippen LogP contribution is -2.38. The molecule has 10 heavy (non-hydrogen) atoms. The summed E-state index contributed by atoms with van der Waals surface area (Å²) < 4.78 is 34.9. The van der Waals surface area contributed by atoms with Gasteiger partial charge in [0.1, 0.15) is 6.04 Å². The molecule has 2 amide bonds. The van der Waals surface area contributed by atoms with Gasteiger partial charge < -0.3 is 10.6 Å². The van der Waals surface area contributed by atoms with E-state index in [0.29, 0.717) is 6.54 Å². The van der Waals surface area contributed by atoms with Crippen molar-refractivity contribution in [2.45, 2.75) is 12.2 Å². The average Bonchev–Trinajstić information content (AvgIpc) is 2.11. The van der Waals surface area contributed by atoms with E-state index in [1.165, 1.54) is 0 Å². The van der Waals surface area contributed by atoms with E-state index in [2.05, 4.69) is 0 Å². The molecule has 1 heterocycles. The fourth-order valence-electron chi connectivity index (χ4n) is 0.560. The van der Waals surface area contributed by atoms with Crippen LogP contribution < -0.4 is 10.6 Å². The molecule has 6 heteroatoms. The van der Waals surface area contributed by atoms with Gasteiger partial charge in [0.25, 0.3) is 0 Å². The second kappa shape index (κ2) is 2.03. The van der Waals surface area contributed by atoms with E-state index in [1.807, 2.05) is 5.32 Å². The van der Waals surface area contributed by atoms with E-state index < -0.39 is 18.2 Å². The third-order valence-electron chi connectivity index (χ3n) is 1.02. The summed E-state index contributed by atoms with van der Waals surface area (Å²) in [4.78, 5) is 10.1. The van der Waals surface area contributed by atoms with Gasteiger partial charge in [0.15, 0.2) is 0 Å². The molecule has 0 aromatic carbocycles. The Balaban J connectivity index is 2.53. The van der Waals surface area contributed by atoms with Gasteiger partial charge in [-0.25, -0.2) is 4.79 Å². The van der Waals surface area contributed by atoms with Gasteiger partial charge in [-0.3, -0.25) is 0 Å². The molecule has 2 N–H and O–H groups in total. The number of nitrogens with one attached hydrogen (secondary N) is 2. The van der Waals surface area contributed by atoms with E-state index in [0.717, 1.165) is 0 Å². The van der Waals surface area contributed by atoms with E-state index >= 15 is 0 Å². The summed E-state index contributed by atoms with van der Waals surface area (Å²) in [7, 11) is 0. The van der Waals surface area contributed by atoms with Gasteiger partial charge >= 0.3 is 12.2 Å². The second-order valence-corrected chi connectivity index (χ2v) is 1.80. The summed E-state index contributed by atoms with van der Waals surface area (Å²) in [6.45, 7) is 0.669. The molecule has 0 aliphatic carbocycles. The molecule has 1 aliphatic rings. The Morgan fingerprint density at radius 3 is 2.30 bits per heavy atom. The van der Waals surface area contributed by atoms with Crippen molar-refractivity contribution >= 4 is 6.03 Å². The van der Waals surface area contributed by atoms with Gasteiger partial charge in [-0.05, 0) is 0 Å². The van der Waals surface area contributed by atoms with Crippen molar-refractivity contribution in [3.63, 3.8) is 0 Å². The highest BCUT2D eigenvalue weighted by molar-refractivity contribution is 5.78. The van der Waals surface area contributed by atoms with Crippen LogP contribution in [0.1, 0.15) is 0 Å². The fraction of sp³-hybridized carbons (Fsp3) is 0.500. The summed E-state index contributed by atoms with van der Waals surface area (Å²) >= 11 is 0. The molecule has 1 aliphatic heterocycles. The highest BCUT2D eigenvalue weighted by Gasteiger charge is 2.44. The largest absolute Gasteiger partial charge is 0.410 e. The highest BCUT2D eigenvalue weighted by Crippen LogP contribution is 2.22. The van der Waals surface area contributed by atoms with E-state index in [-0.39, 0.29) is 0 Å². The lowest BCUT2D eigenvalue weighted by molar-refractivity contribution is -0.143. The molecule has 0 spiro atoms. The minimum absolute atomic E-state index is 0.669. The van der Waals surface area contributed by atoms with Crippen molar-refractivity contribution in [3.8, 4) is 0 Å². The quantitative estimate of drug-likeness (QED) is 0.519. The van der Waals surface area contributed by atoms with Crippen molar-refractivity contribution in [2.75, 3.05) is 0 Å². The summed E-state index contributed by atoms with van der Waals surface area (Å²) in [6.07, 6.45) is -4.39. The van der Waals surface area contributed by atoms with Crippen molar-refractivity contribution in [1.82, 2.24) is 10.6 Å². The highest BCUT2D eigenvalue weighted by atomic mass is 19.4. The van der Waals surface area contributed by atoms with E-state index in [1.54, 1.807) is 5.32 Å². The molecule has 1 radical (unpaired) electrons.